The monoisotopic (exact) mass is 226 g/mol. The molecule has 1 saturated heterocycles. The van der Waals surface area contributed by atoms with Crippen LogP contribution in [0.5, 0.6) is 0 Å². The fourth-order valence-electron chi connectivity index (χ4n) is 1.91. The van der Waals surface area contributed by atoms with E-state index in [1.54, 1.807) is 18.0 Å². The largest absolute Gasteiger partial charge is 0.481 e. The summed E-state index contributed by atoms with van der Waals surface area (Å²) in [6.07, 6.45) is 2.14. The van der Waals surface area contributed by atoms with Crippen LogP contribution in [0.25, 0.3) is 0 Å². The maximum absolute atomic E-state index is 11.9. The van der Waals surface area contributed by atoms with Crippen LogP contribution < -0.4 is 0 Å². The van der Waals surface area contributed by atoms with Crippen molar-refractivity contribution in [2.75, 3.05) is 26.7 Å². The lowest BCUT2D eigenvalue weighted by atomic mass is 10.1. The van der Waals surface area contributed by atoms with Gasteiger partial charge in [-0.15, -0.1) is 6.58 Å². The molecule has 0 aromatic rings. The van der Waals surface area contributed by atoms with E-state index in [2.05, 4.69) is 6.58 Å². The van der Waals surface area contributed by atoms with Crippen LogP contribution in [-0.4, -0.2) is 59.5 Å². The third-order valence-corrected chi connectivity index (χ3v) is 2.82. The number of likely N-dealkylation sites (N-methyl/N-ethyl adjacent to an activating group) is 1. The van der Waals surface area contributed by atoms with Crippen LogP contribution in [0.4, 0.5) is 0 Å². The molecule has 16 heavy (non-hydrogen) atoms. The average molecular weight is 226 g/mol. The number of nitrogens with zero attached hydrogens (tertiary/aromatic N) is 2. The zero-order chi connectivity index (χ0) is 12.1. The molecule has 0 saturated carbocycles. The normalized spacial score (nSPS) is 22.2. The first kappa shape index (κ1) is 12.7. The fraction of sp³-hybridized carbons (Fsp3) is 0.636. The summed E-state index contributed by atoms with van der Waals surface area (Å²) >= 11 is 0. The number of carbonyl (C=O) groups excluding carboxylic acids is 1. The van der Waals surface area contributed by atoms with Crippen LogP contribution >= 0.6 is 0 Å². The Morgan fingerprint density at radius 1 is 1.62 bits per heavy atom. The Labute approximate surface area is 95.3 Å². The summed E-state index contributed by atoms with van der Waals surface area (Å²) in [4.78, 5) is 26.1. The van der Waals surface area contributed by atoms with Crippen molar-refractivity contribution in [3.05, 3.63) is 12.7 Å². The summed E-state index contributed by atoms with van der Waals surface area (Å²) in [6.45, 7) is 5.74. The van der Waals surface area contributed by atoms with Gasteiger partial charge in [0.15, 0.2) is 0 Å². The van der Waals surface area contributed by atoms with E-state index >= 15 is 0 Å². The second-order valence-corrected chi connectivity index (χ2v) is 3.99. The highest BCUT2D eigenvalue weighted by molar-refractivity contribution is 5.83. The lowest BCUT2D eigenvalue weighted by Gasteiger charge is -2.38. The first-order valence-corrected chi connectivity index (χ1v) is 5.38. The molecule has 1 heterocycles. The van der Waals surface area contributed by atoms with Crippen LogP contribution in [0.15, 0.2) is 12.7 Å². The number of aliphatic carboxylic acids is 1. The van der Waals surface area contributed by atoms with Gasteiger partial charge in [0.1, 0.15) is 0 Å². The van der Waals surface area contributed by atoms with Crippen molar-refractivity contribution in [3.8, 4) is 0 Å². The van der Waals surface area contributed by atoms with Gasteiger partial charge in [-0.05, 0) is 6.42 Å². The first-order valence-electron chi connectivity index (χ1n) is 5.38. The molecule has 5 heteroatoms. The van der Waals surface area contributed by atoms with Crippen molar-refractivity contribution in [2.45, 2.75) is 18.9 Å². The van der Waals surface area contributed by atoms with E-state index in [9.17, 15) is 9.59 Å². The molecule has 1 unspecified atom stereocenters. The van der Waals surface area contributed by atoms with Crippen molar-refractivity contribution >= 4 is 11.9 Å². The van der Waals surface area contributed by atoms with Gasteiger partial charge in [-0.1, -0.05) is 6.08 Å². The highest BCUT2D eigenvalue weighted by Crippen LogP contribution is 2.14. The number of carboxylic acid groups (broad SMARTS) is 1. The molecule has 0 aliphatic carbocycles. The second kappa shape index (κ2) is 5.65. The third-order valence-electron chi connectivity index (χ3n) is 2.82. The van der Waals surface area contributed by atoms with Crippen molar-refractivity contribution in [2.24, 2.45) is 0 Å². The maximum Gasteiger partial charge on any atom is 0.303 e. The van der Waals surface area contributed by atoms with E-state index in [0.29, 0.717) is 19.5 Å². The zero-order valence-corrected chi connectivity index (χ0v) is 9.56. The summed E-state index contributed by atoms with van der Waals surface area (Å²) in [5, 5.41) is 8.65. The molecule has 1 amide bonds. The fourth-order valence-corrected chi connectivity index (χ4v) is 1.91. The number of carboxylic acids is 1. The van der Waals surface area contributed by atoms with Crippen LogP contribution in [0.3, 0.4) is 0 Å². The van der Waals surface area contributed by atoms with Gasteiger partial charge >= 0.3 is 5.97 Å². The number of piperazine rings is 1. The highest BCUT2D eigenvalue weighted by Gasteiger charge is 2.32. The Hall–Kier alpha value is -1.36. The van der Waals surface area contributed by atoms with E-state index in [4.69, 9.17) is 5.11 Å². The Kier molecular flexibility index (Phi) is 4.49. The topological polar surface area (TPSA) is 60.9 Å². The van der Waals surface area contributed by atoms with Gasteiger partial charge in [0.05, 0.1) is 6.04 Å². The molecule has 1 atom stereocenters. The van der Waals surface area contributed by atoms with E-state index in [0.717, 1.165) is 6.54 Å². The maximum atomic E-state index is 11.9. The van der Waals surface area contributed by atoms with Crippen LogP contribution in [-0.2, 0) is 9.59 Å². The Morgan fingerprint density at radius 2 is 2.31 bits per heavy atom. The summed E-state index contributed by atoms with van der Waals surface area (Å²) < 4.78 is 0. The molecule has 0 spiro atoms. The molecular formula is C11H18N2O3. The first-order chi connectivity index (χ1) is 7.56. The molecule has 1 N–H and O–H groups in total. The minimum absolute atomic E-state index is 0.00866. The summed E-state index contributed by atoms with van der Waals surface area (Å²) in [6, 6.07) is -0.312. The van der Waals surface area contributed by atoms with E-state index in [-0.39, 0.29) is 18.4 Å². The molecule has 90 valence electrons. The van der Waals surface area contributed by atoms with Gasteiger partial charge in [-0.3, -0.25) is 14.5 Å². The van der Waals surface area contributed by atoms with Crippen molar-refractivity contribution in [1.82, 2.24) is 9.80 Å². The molecule has 0 bridgehead atoms. The smallest absolute Gasteiger partial charge is 0.303 e. The lowest BCUT2D eigenvalue weighted by Crippen LogP contribution is -2.55. The molecule has 0 aromatic carbocycles. The SMILES string of the molecule is C=CCN1CCN(C)C(=O)C1CCC(=O)O. The lowest BCUT2D eigenvalue weighted by molar-refractivity contribution is -0.141. The van der Waals surface area contributed by atoms with E-state index < -0.39 is 5.97 Å². The number of amides is 1. The predicted octanol–water partition coefficient (Wildman–Crippen LogP) is 0.180. The Balaban J connectivity index is 2.65. The third kappa shape index (κ3) is 3.06. The number of rotatable bonds is 5. The Bertz CT molecular complexity index is 291. The molecular weight excluding hydrogens is 208 g/mol. The molecule has 1 fully saturated rings. The average Bonchev–Trinajstić information content (AvgIpc) is 2.23. The highest BCUT2D eigenvalue weighted by atomic mass is 16.4. The molecule has 5 nitrogen and oxygen atoms in total. The summed E-state index contributed by atoms with van der Waals surface area (Å²) in [5.74, 6) is -0.853. The minimum atomic E-state index is -0.862. The number of carbonyl (C=O) groups is 2. The van der Waals surface area contributed by atoms with Crippen LogP contribution in [0.1, 0.15) is 12.8 Å². The zero-order valence-electron chi connectivity index (χ0n) is 9.56. The van der Waals surface area contributed by atoms with Crippen LogP contribution in [0, 0.1) is 0 Å². The van der Waals surface area contributed by atoms with E-state index in [1.165, 1.54) is 0 Å². The van der Waals surface area contributed by atoms with Crippen molar-refractivity contribution in [1.29, 1.82) is 0 Å². The summed E-state index contributed by atoms with van der Waals surface area (Å²) in [5.41, 5.74) is 0. The second-order valence-electron chi connectivity index (χ2n) is 3.99. The summed E-state index contributed by atoms with van der Waals surface area (Å²) in [7, 11) is 1.75. The van der Waals surface area contributed by atoms with Crippen molar-refractivity contribution < 1.29 is 14.7 Å². The van der Waals surface area contributed by atoms with Gasteiger partial charge in [-0.25, -0.2) is 0 Å². The quantitative estimate of drug-likeness (QED) is 0.679. The molecule has 1 rings (SSSR count). The van der Waals surface area contributed by atoms with Gasteiger partial charge in [0.2, 0.25) is 5.91 Å². The minimum Gasteiger partial charge on any atom is -0.481 e. The molecule has 0 radical (unpaired) electrons. The van der Waals surface area contributed by atoms with Gasteiger partial charge in [0, 0.05) is 33.1 Å². The van der Waals surface area contributed by atoms with Crippen LogP contribution in [0.2, 0.25) is 0 Å². The van der Waals surface area contributed by atoms with Gasteiger partial charge in [-0.2, -0.15) is 0 Å². The van der Waals surface area contributed by atoms with Gasteiger partial charge in [0.25, 0.3) is 0 Å². The number of hydrogen-bond donors (Lipinski definition) is 1. The molecule has 1 aliphatic rings. The standard InChI is InChI=1S/C11H18N2O3/c1-3-6-13-8-7-12(2)11(16)9(13)4-5-10(14)15/h3,9H,1,4-8H2,2H3,(H,14,15). The van der Waals surface area contributed by atoms with Gasteiger partial charge < -0.3 is 10.0 Å². The molecule has 0 aromatic heterocycles. The number of hydrogen-bond acceptors (Lipinski definition) is 3. The molecule has 1 aliphatic heterocycles. The van der Waals surface area contributed by atoms with Crippen molar-refractivity contribution in [3.63, 3.8) is 0 Å². The predicted molar refractivity (Wildman–Crippen MR) is 60.1 cm³/mol. The Morgan fingerprint density at radius 3 is 2.88 bits per heavy atom. The van der Waals surface area contributed by atoms with E-state index in [1.807, 2.05) is 4.90 Å².